The van der Waals surface area contributed by atoms with Crippen LogP contribution >= 0.6 is 11.3 Å². The van der Waals surface area contributed by atoms with E-state index in [-0.39, 0.29) is 5.91 Å². The predicted molar refractivity (Wildman–Crippen MR) is 112 cm³/mol. The van der Waals surface area contributed by atoms with Crippen LogP contribution in [0.1, 0.15) is 15.4 Å². The number of amides is 1. The monoisotopic (exact) mass is 376 g/mol. The van der Waals surface area contributed by atoms with E-state index >= 15 is 0 Å². The number of thiophene rings is 1. The molecular weight excluding hydrogens is 356 g/mol. The lowest BCUT2D eigenvalue weighted by Crippen LogP contribution is -2.11. The van der Waals surface area contributed by atoms with Crippen LogP contribution in [0.25, 0.3) is 15.9 Å². The lowest BCUT2D eigenvalue weighted by atomic mass is 10.2. The topological polar surface area (TPSA) is 50.2 Å². The fourth-order valence-electron chi connectivity index (χ4n) is 2.94. The number of anilines is 2. The standard InChI is InChI=1S/C21H20N4OS/c1-14-18-13-19(20(26)22-15-9-11-16(12-10-15)24(2)3)27-21(18)25(23-14)17-7-5-4-6-8-17/h4-13H,1-3H3,(H,22,26). The van der Waals surface area contributed by atoms with E-state index in [0.717, 1.165) is 33.0 Å². The summed E-state index contributed by atoms with van der Waals surface area (Å²) in [4.78, 5) is 16.4. The van der Waals surface area contributed by atoms with Crippen LogP contribution in [0.2, 0.25) is 0 Å². The van der Waals surface area contributed by atoms with Gasteiger partial charge in [0, 0.05) is 30.9 Å². The van der Waals surface area contributed by atoms with Gasteiger partial charge in [0.2, 0.25) is 0 Å². The molecule has 0 spiro atoms. The highest BCUT2D eigenvalue weighted by Gasteiger charge is 2.17. The number of nitrogens with one attached hydrogen (secondary N) is 1. The maximum absolute atomic E-state index is 12.7. The Balaban J connectivity index is 1.63. The van der Waals surface area contributed by atoms with Gasteiger partial charge in [-0.15, -0.1) is 11.3 Å². The molecule has 0 atom stereocenters. The van der Waals surface area contributed by atoms with Gasteiger partial charge < -0.3 is 10.2 Å². The second-order valence-corrected chi connectivity index (χ2v) is 7.59. The first kappa shape index (κ1) is 17.3. The molecule has 5 nitrogen and oxygen atoms in total. The fourth-order valence-corrected chi connectivity index (χ4v) is 4.02. The normalized spacial score (nSPS) is 10.9. The van der Waals surface area contributed by atoms with Crippen molar-refractivity contribution >= 4 is 38.8 Å². The number of carbonyl (C=O) groups excluding carboxylic acids is 1. The molecule has 0 radical (unpaired) electrons. The fraction of sp³-hybridized carbons (Fsp3) is 0.143. The molecule has 0 saturated carbocycles. The van der Waals surface area contributed by atoms with Gasteiger partial charge in [-0.25, -0.2) is 4.68 Å². The Morgan fingerprint density at radius 3 is 2.44 bits per heavy atom. The van der Waals surface area contributed by atoms with Crippen molar-refractivity contribution in [1.29, 1.82) is 0 Å². The van der Waals surface area contributed by atoms with Gasteiger partial charge in [-0.3, -0.25) is 4.79 Å². The minimum atomic E-state index is -0.104. The molecule has 27 heavy (non-hydrogen) atoms. The van der Waals surface area contributed by atoms with E-state index in [0.29, 0.717) is 4.88 Å². The first-order valence-electron chi connectivity index (χ1n) is 8.66. The molecule has 4 rings (SSSR count). The smallest absolute Gasteiger partial charge is 0.265 e. The van der Waals surface area contributed by atoms with Crippen molar-refractivity contribution in [2.24, 2.45) is 0 Å². The summed E-state index contributed by atoms with van der Waals surface area (Å²) in [5, 5.41) is 8.61. The van der Waals surface area contributed by atoms with Gasteiger partial charge >= 0.3 is 0 Å². The maximum Gasteiger partial charge on any atom is 0.265 e. The van der Waals surface area contributed by atoms with E-state index < -0.39 is 0 Å². The summed E-state index contributed by atoms with van der Waals surface area (Å²) in [6.45, 7) is 1.97. The van der Waals surface area contributed by atoms with Gasteiger partial charge in [0.1, 0.15) is 4.83 Å². The molecule has 0 saturated heterocycles. The molecule has 1 N–H and O–H groups in total. The van der Waals surface area contributed by atoms with Crippen LogP contribution in [0, 0.1) is 6.92 Å². The van der Waals surface area contributed by atoms with E-state index in [2.05, 4.69) is 10.4 Å². The molecule has 6 heteroatoms. The molecule has 136 valence electrons. The van der Waals surface area contributed by atoms with Gasteiger partial charge in [-0.1, -0.05) is 18.2 Å². The summed E-state index contributed by atoms with van der Waals surface area (Å²) < 4.78 is 1.90. The number of aryl methyl sites for hydroxylation is 1. The van der Waals surface area contributed by atoms with Gasteiger partial charge in [0.15, 0.2) is 0 Å². The minimum absolute atomic E-state index is 0.104. The van der Waals surface area contributed by atoms with E-state index in [1.54, 1.807) is 0 Å². The number of para-hydroxylation sites is 1. The highest BCUT2D eigenvalue weighted by atomic mass is 32.1. The molecule has 4 aromatic rings. The molecule has 2 heterocycles. The van der Waals surface area contributed by atoms with Crippen LogP contribution in [0.3, 0.4) is 0 Å². The van der Waals surface area contributed by atoms with Crippen molar-refractivity contribution < 1.29 is 4.79 Å². The zero-order chi connectivity index (χ0) is 19.0. The zero-order valence-corrected chi connectivity index (χ0v) is 16.2. The lowest BCUT2D eigenvalue weighted by molar-refractivity contribution is 0.103. The number of benzene rings is 2. The van der Waals surface area contributed by atoms with Crippen LogP contribution in [-0.2, 0) is 0 Å². The Morgan fingerprint density at radius 2 is 1.78 bits per heavy atom. The lowest BCUT2D eigenvalue weighted by Gasteiger charge is -2.12. The number of rotatable bonds is 4. The summed E-state index contributed by atoms with van der Waals surface area (Å²) in [7, 11) is 3.98. The Bertz CT molecular complexity index is 1090. The summed E-state index contributed by atoms with van der Waals surface area (Å²) in [5.41, 5.74) is 3.78. The Labute approximate surface area is 161 Å². The van der Waals surface area contributed by atoms with Crippen molar-refractivity contribution in [3.8, 4) is 5.69 Å². The van der Waals surface area contributed by atoms with Crippen molar-refractivity contribution in [2.45, 2.75) is 6.92 Å². The first-order valence-corrected chi connectivity index (χ1v) is 9.48. The van der Waals surface area contributed by atoms with Gasteiger partial charge in [0.25, 0.3) is 5.91 Å². The van der Waals surface area contributed by atoms with Gasteiger partial charge in [-0.2, -0.15) is 5.10 Å². The second-order valence-electron chi connectivity index (χ2n) is 6.56. The third-order valence-electron chi connectivity index (χ3n) is 4.41. The number of nitrogens with zero attached hydrogens (tertiary/aromatic N) is 3. The molecule has 0 aliphatic carbocycles. The molecule has 0 aliphatic heterocycles. The van der Waals surface area contributed by atoms with Crippen LogP contribution < -0.4 is 10.2 Å². The third kappa shape index (κ3) is 3.31. The molecule has 2 aromatic carbocycles. The number of hydrogen-bond donors (Lipinski definition) is 1. The highest BCUT2D eigenvalue weighted by Crippen LogP contribution is 2.31. The van der Waals surface area contributed by atoms with Crippen LogP contribution in [0.15, 0.2) is 60.7 Å². The maximum atomic E-state index is 12.7. The molecule has 0 fully saturated rings. The van der Waals surface area contributed by atoms with E-state index in [1.165, 1.54) is 11.3 Å². The van der Waals surface area contributed by atoms with Crippen molar-refractivity contribution in [2.75, 3.05) is 24.3 Å². The van der Waals surface area contributed by atoms with Crippen LogP contribution in [-0.4, -0.2) is 29.8 Å². The highest BCUT2D eigenvalue weighted by molar-refractivity contribution is 7.20. The van der Waals surface area contributed by atoms with Crippen molar-refractivity contribution in [1.82, 2.24) is 9.78 Å². The molecule has 0 aliphatic rings. The first-order chi connectivity index (χ1) is 13.0. The van der Waals surface area contributed by atoms with E-state index in [4.69, 9.17) is 0 Å². The number of fused-ring (bicyclic) bond motifs is 1. The summed E-state index contributed by atoms with van der Waals surface area (Å²) in [6.07, 6.45) is 0. The third-order valence-corrected chi connectivity index (χ3v) is 5.52. The largest absolute Gasteiger partial charge is 0.378 e. The Morgan fingerprint density at radius 1 is 1.07 bits per heavy atom. The van der Waals surface area contributed by atoms with Gasteiger partial charge in [0.05, 0.1) is 16.3 Å². The SMILES string of the molecule is Cc1nn(-c2ccccc2)c2sc(C(=O)Nc3ccc(N(C)C)cc3)cc12. The quantitative estimate of drug-likeness (QED) is 0.561. The zero-order valence-electron chi connectivity index (χ0n) is 15.4. The summed E-state index contributed by atoms with van der Waals surface area (Å²) in [6, 6.07) is 19.7. The Hall–Kier alpha value is -3.12. The second kappa shape index (κ2) is 6.89. The molecule has 0 bridgehead atoms. The van der Waals surface area contributed by atoms with Crippen LogP contribution in [0.4, 0.5) is 11.4 Å². The van der Waals surface area contributed by atoms with Crippen molar-refractivity contribution in [3.05, 3.63) is 71.2 Å². The Kier molecular flexibility index (Phi) is 4.41. The number of carbonyl (C=O) groups is 1. The average molecular weight is 376 g/mol. The van der Waals surface area contributed by atoms with Crippen molar-refractivity contribution in [3.63, 3.8) is 0 Å². The number of aromatic nitrogens is 2. The average Bonchev–Trinajstić information content (AvgIpc) is 3.24. The molecule has 0 unspecified atom stereocenters. The summed E-state index contributed by atoms with van der Waals surface area (Å²) >= 11 is 1.46. The molecular formula is C21H20N4OS. The predicted octanol–water partition coefficient (Wildman–Crippen LogP) is 4.71. The molecule has 2 aromatic heterocycles. The number of hydrogen-bond acceptors (Lipinski definition) is 4. The van der Waals surface area contributed by atoms with Crippen LogP contribution in [0.5, 0.6) is 0 Å². The molecule has 1 amide bonds. The van der Waals surface area contributed by atoms with E-state index in [1.807, 2.05) is 91.3 Å². The van der Waals surface area contributed by atoms with E-state index in [9.17, 15) is 4.79 Å². The van der Waals surface area contributed by atoms with Gasteiger partial charge in [-0.05, 0) is 49.4 Å². The summed E-state index contributed by atoms with van der Waals surface area (Å²) in [5.74, 6) is -0.104. The minimum Gasteiger partial charge on any atom is -0.378 e.